The molecule has 0 aromatic heterocycles. The molecule has 3 heteroatoms. The van der Waals surface area contributed by atoms with Gasteiger partial charge in [-0.3, -0.25) is 0 Å². The third-order valence-electron chi connectivity index (χ3n) is 3.65. The molecule has 1 rings (SSSR count). The van der Waals surface area contributed by atoms with Crippen molar-refractivity contribution in [1.82, 2.24) is 0 Å². The van der Waals surface area contributed by atoms with Gasteiger partial charge in [0.25, 0.3) is 0 Å². The van der Waals surface area contributed by atoms with Crippen molar-refractivity contribution in [2.24, 2.45) is 11.8 Å². The lowest BCUT2D eigenvalue weighted by Gasteiger charge is -2.27. The zero-order chi connectivity index (χ0) is 13.8. The summed E-state index contributed by atoms with van der Waals surface area (Å²) in [6, 6.07) is 0. The Kier molecular flexibility index (Phi) is 5.57. The molecule has 0 unspecified atom stereocenters. The molecule has 1 aliphatic rings. The molecule has 3 atom stereocenters. The van der Waals surface area contributed by atoms with E-state index in [1.165, 1.54) is 0 Å². The van der Waals surface area contributed by atoms with Gasteiger partial charge in [0.05, 0.1) is 18.3 Å². The van der Waals surface area contributed by atoms with Crippen LogP contribution in [0.15, 0.2) is 23.8 Å². The van der Waals surface area contributed by atoms with Crippen molar-refractivity contribution in [3.8, 4) is 0 Å². The Morgan fingerprint density at radius 2 is 2.11 bits per heavy atom. The van der Waals surface area contributed by atoms with Gasteiger partial charge in [0.15, 0.2) is 0 Å². The minimum atomic E-state index is -0.846. The van der Waals surface area contributed by atoms with E-state index in [1.807, 2.05) is 12.2 Å². The number of hydrogen-bond acceptors (Lipinski definition) is 3. The lowest BCUT2D eigenvalue weighted by Crippen LogP contribution is -2.27. The molecule has 1 aliphatic carbocycles. The fourth-order valence-electron chi connectivity index (χ4n) is 2.38. The van der Waals surface area contributed by atoms with Gasteiger partial charge in [-0.25, -0.2) is 0 Å². The Morgan fingerprint density at radius 1 is 1.44 bits per heavy atom. The summed E-state index contributed by atoms with van der Waals surface area (Å²) in [5, 5.41) is 29.7. The maximum Gasteiger partial charge on any atom is 0.0802 e. The molecule has 18 heavy (non-hydrogen) atoms. The van der Waals surface area contributed by atoms with Crippen LogP contribution in [0.3, 0.4) is 0 Å². The van der Waals surface area contributed by atoms with Crippen LogP contribution < -0.4 is 0 Å². The van der Waals surface area contributed by atoms with Crippen LogP contribution in [0.5, 0.6) is 0 Å². The minimum Gasteiger partial charge on any atom is -0.392 e. The van der Waals surface area contributed by atoms with Crippen LogP contribution in [0, 0.1) is 11.8 Å². The molecule has 0 spiro atoms. The number of hydrogen-bond donors (Lipinski definition) is 3. The zero-order valence-electron chi connectivity index (χ0n) is 11.6. The Morgan fingerprint density at radius 3 is 2.67 bits per heavy atom. The molecule has 104 valence electrons. The standard InChI is InChI=1S/C15H26O3/c1-11(2)13-6-8-15(3,18)7-4-5-12(10-16)9-14(13)17/h5-6,8,11,13-14,16-18H,4,7,9-10H2,1-3H3/b8-6+,12-5+/t13-,14+,15+/m0/s1. The lowest BCUT2D eigenvalue weighted by atomic mass is 9.84. The van der Waals surface area contributed by atoms with E-state index in [4.69, 9.17) is 0 Å². The quantitative estimate of drug-likeness (QED) is 0.661. The van der Waals surface area contributed by atoms with Gasteiger partial charge in [-0.1, -0.05) is 32.1 Å². The Balaban J connectivity index is 2.95. The summed E-state index contributed by atoms with van der Waals surface area (Å²) in [4.78, 5) is 0. The first kappa shape index (κ1) is 15.4. The monoisotopic (exact) mass is 254 g/mol. The molecule has 0 saturated heterocycles. The van der Waals surface area contributed by atoms with Crippen LogP contribution in [-0.2, 0) is 0 Å². The summed E-state index contributed by atoms with van der Waals surface area (Å²) in [7, 11) is 0. The second kappa shape index (κ2) is 6.50. The first-order valence-corrected chi connectivity index (χ1v) is 6.74. The maximum atomic E-state index is 10.2. The average molecular weight is 254 g/mol. The van der Waals surface area contributed by atoms with E-state index in [1.54, 1.807) is 13.0 Å². The molecule has 0 saturated carbocycles. The molecule has 0 amide bonds. The van der Waals surface area contributed by atoms with Gasteiger partial charge in [0, 0.05) is 5.92 Å². The van der Waals surface area contributed by atoms with Crippen molar-refractivity contribution in [1.29, 1.82) is 0 Å². The number of aliphatic hydroxyl groups excluding tert-OH is 2. The highest BCUT2D eigenvalue weighted by Gasteiger charge is 2.24. The fourth-order valence-corrected chi connectivity index (χ4v) is 2.38. The van der Waals surface area contributed by atoms with Crippen molar-refractivity contribution in [3.63, 3.8) is 0 Å². The molecule has 0 aromatic carbocycles. The van der Waals surface area contributed by atoms with Gasteiger partial charge in [-0.15, -0.1) is 0 Å². The SMILES string of the molecule is CC(C)[C@@H]1/C=C/[C@](C)(O)CC/C=C(/CO)C[C@H]1O. The Hall–Kier alpha value is -0.640. The summed E-state index contributed by atoms with van der Waals surface area (Å²) in [6.45, 7) is 5.87. The van der Waals surface area contributed by atoms with Gasteiger partial charge >= 0.3 is 0 Å². The highest BCUT2D eigenvalue weighted by atomic mass is 16.3. The summed E-state index contributed by atoms with van der Waals surface area (Å²) in [6.07, 6.45) is 7.02. The third-order valence-corrected chi connectivity index (χ3v) is 3.65. The smallest absolute Gasteiger partial charge is 0.0802 e. The predicted molar refractivity (Wildman–Crippen MR) is 73.1 cm³/mol. The van der Waals surface area contributed by atoms with Crippen LogP contribution >= 0.6 is 0 Å². The molecular weight excluding hydrogens is 228 g/mol. The van der Waals surface area contributed by atoms with E-state index in [-0.39, 0.29) is 12.5 Å². The van der Waals surface area contributed by atoms with Crippen molar-refractivity contribution < 1.29 is 15.3 Å². The Bertz CT molecular complexity index is 316. The van der Waals surface area contributed by atoms with Crippen LogP contribution in [0.1, 0.15) is 40.0 Å². The normalized spacial score (nSPS) is 39.2. The van der Waals surface area contributed by atoms with Gasteiger partial charge in [-0.05, 0) is 37.7 Å². The van der Waals surface area contributed by atoms with E-state index < -0.39 is 11.7 Å². The summed E-state index contributed by atoms with van der Waals surface area (Å²) >= 11 is 0. The van der Waals surface area contributed by atoms with Gasteiger partial charge < -0.3 is 15.3 Å². The lowest BCUT2D eigenvalue weighted by molar-refractivity contribution is 0.0891. The summed E-state index contributed by atoms with van der Waals surface area (Å²) in [5.41, 5.74) is 0.0145. The van der Waals surface area contributed by atoms with Crippen molar-refractivity contribution >= 4 is 0 Å². The van der Waals surface area contributed by atoms with E-state index in [0.29, 0.717) is 25.2 Å². The topological polar surface area (TPSA) is 60.7 Å². The van der Waals surface area contributed by atoms with Gasteiger partial charge in [0.1, 0.15) is 0 Å². The van der Waals surface area contributed by atoms with E-state index in [2.05, 4.69) is 13.8 Å². The maximum absolute atomic E-state index is 10.2. The van der Waals surface area contributed by atoms with Crippen LogP contribution in [0.25, 0.3) is 0 Å². The third kappa shape index (κ3) is 4.56. The van der Waals surface area contributed by atoms with Crippen LogP contribution in [-0.4, -0.2) is 33.6 Å². The van der Waals surface area contributed by atoms with Gasteiger partial charge in [0.2, 0.25) is 0 Å². The molecule has 0 fully saturated rings. The molecule has 3 N–H and O–H groups in total. The second-order valence-electron chi connectivity index (χ2n) is 5.87. The van der Waals surface area contributed by atoms with Crippen LogP contribution in [0.2, 0.25) is 0 Å². The largest absolute Gasteiger partial charge is 0.392 e. The van der Waals surface area contributed by atoms with Gasteiger partial charge in [-0.2, -0.15) is 0 Å². The van der Waals surface area contributed by atoms with Crippen molar-refractivity contribution in [2.45, 2.75) is 51.7 Å². The Labute approximate surface area is 110 Å². The van der Waals surface area contributed by atoms with E-state index in [9.17, 15) is 15.3 Å². The van der Waals surface area contributed by atoms with Crippen molar-refractivity contribution in [3.05, 3.63) is 23.8 Å². The zero-order valence-corrected chi connectivity index (χ0v) is 11.6. The highest BCUT2D eigenvalue weighted by molar-refractivity contribution is 5.11. The van der Waals surface area contributed by atoms with E-state index >= 15 is 0 Å². The first-order chi connectivity index (χ1) is 8.35. The minimum absolute atomic E-state index is 0.00419. The summed E-state index contributed by atoms with van der Waals surface area (Å²) in [5.74, 6) is 0.302. The van der Waals surface area contributed by atoms with Crippen LogP contribution in [0.4, 0.5) is 0 Å². The molecule has 0 heterocycles. The molecule has 3 nitrogen and oxygen atoms in total. The number of aliphatic hydroxyl groups is 3. The molecule has 0 bridgehead atoms. The molecule has 0 aromatic rings. The highest BCUT2D eigenvalue weighted by Crippen LogP contribution is 2.26. The average Bonchev–Trinajstić information content (AvgIpc) is 2.26. The number of allylic oxidation sites excluding steroid dienone is 1. The predicted octanol–water partition coefficient (Wildman–Crippen LogP) is 2.03. The number of rotatable bonds is 2. The molecular formula is C15H26O3. The summed E-state index contributed by atoms with van der Waals surface area (Å²) < 4.78 is 0. The van der Waals surface area contributed by atoms with E-state index in [0.717, 1.165) is 5.57 Å². The first-order valence-electron chi connectivity index (χ1n) is 6.74. The molecule has 0 radical (unpaired) electrons. The second-order valence-corrected chi connectivity index (χ2v) is 5.87. The molecule has 0 aliphatic heterocycles. The fraction of sp³-hybridized carbons (Fsp3) is 0.733. The van der Waals surface area contributed by atoms with Crippen molar-refractivity contribution in [2.75, 3.05) is 6.61 Å².